The number of hydrogen-bond donors (Lipinski definition) is 1. The predicted molar refractivity (Wildman–Crippen MR) is 109 cm³/mol. The van der Waals surface area contributed by atoms with Gasteiger partial charge in [0, 0.05) is 38.3 Å². The monoisotopic (exact) mass is 357 g/mol. The predicted octanol–water partition coefficient (Wildman–Crippen LogP) is 3.65. The van der Waals surface area contributed by atoms with Crippen molar-refractivity contribution in [2.45, 2.75) is 50.9 Å². The lowest BCUT2D eigenvalue weighted by molar-refractivity contribution is 0.0370. The van der Waals surface area contributed by atoms with Crippen LogP contribution in [-0.4, -0.2) is 50.8 Å². The maximum atomic E-state index is 6.41. The zero-order valence-electron chi connectivity index (χ0n) is 16.4. The van der Waals surface area contributed by atoms with Gasteiger partial charge in [-0.05, 0) is 75.2 Å². The molecule has 3 aliphatic rings. The summed E-state index contributed by atoms with van der Waals surface area (Å²) >= 11 is 0. The van der Waals surface area contributed by atoms with Crippen molar-refractivity contribution in [2.75, 3.05) is 56.6 Å². The summed E-state index contributed by atoms with van der Waals surface area (Å²) in [6.07, 6.45) is 7.51. The van der Waals surface area contributed by atoms with E-state index in [-0.39, 0.29) is 5.41 Å². The molecule has 0 aliphatic carbocycles. The van der Waals surface area contributed by atoms with Crippen LogP contribution in [0.15, 0.2) is 18.2 Å². The second-order valence-electron chi connectivity index (χ2n) is 8.82. The number of nitrogens with zero attached hydrogens (tertiary/aromatic N) is 2. The number of nitrogens with two attached hydrogens (primary N) is 1. The van der Waals surface area contributed by atoms with E-state index in [4.69, 9.17) is 10.5 Å². The summed E-state index contributed by atoms with van der Waals surface area (Å²) in [6, 6.07) is 6.88. The molecule has 4 rings (SSSR count). The van der Waals surface area contributed by atoms with Gasteiger partial charge in [-0.2, -0.15) is 0 Å². The first kappa shape index (κ1) is 18.1. The van der Waals surface area contributed by atoms with E-state index >= 15 is 0 Å². The molecule has 1 aromatic rings. The zero-order chi connectivity index (χ0) is 18.0. The number of nitrogen functional groups attached to an aromatic ring is 1. The number of anilines is 2. The van der Waals surface area contributed by atoms with Gasteiger partial charge < -0.3 is 20.3 Å². The topological polar surface area (TPSA) is 41.7 Å². The molecule has 0 spiro atoms. The first-order valence-electron chi connectivity index (χ1n) is 10.6. The minimum absolute atomic E-state index is 0.230. The van der Waals surface area contributed by atoms with Gasteiger partial charge in [-0.1, -0.05) is 13.0 Å². The van der Waals surface area contributed by atoms with Gasteiger partial charge in [-0.25, -0.2) is 0 Å². The van der Waals surface area contributed by atoms with Gasteiger partial charge in [0.1, 0.15) is 0 Å². The Bertz CT molecular complexity index is 597. The number of ether oxygens (including phenoxy) is 1. The van der Waals surface area contributed by atoms with Crippen molar-refractivity contribution in [3.63, 3.8) is 0 Å². The Labute approximate surface area is 158 Å². The maximum Gasteiger partial charge on any atom is 0.0602 e. The largest absolute Gasteiger partial charge is 0.397 e. The molecule has 0 aromatic heterocycles. The average molecular weight is 358 g/mol. The third kappa shape index (κ3) is 3.72. The lowest BCUT2D eigenvalue weighted by Crippen LogP contribution is -2.44. The van der Waals surface area contributed by atoms with E-state index in [1.807, 2.05) is 0 Å². The highest BCUT2D eigenvalue weighted by Gasteiger charge is 2.37. The minimum Gasteiger partial charge on any atom is -0.397 e. The number of benzene rings is 1. The standard InChI is InChI=1S/C22H35N3O/c1-18-6-12-25(13-7-18)21-16-19(4-5-20(21)23)22(8-14-26-15-9-22)17-24-10-2-3-11-24/h4-5,16,18H,2-3,6-15,17,23H2,1H3. The lowest BCUT2D eigenvalue weighted by Gasteiger charge is -2.41. The van der Waals surface area contributed by atoms with Crippen LogP contribution >= 0.6 is 0 Å². The fourth-order valence-electron chi connectivity index (χ4n) is 5.07. The summed E-state index contributed by atoms with van der Waals surface area (Å²) in [5.41, 5.74) is 10.3. The van der Waals surface area contributed by atoms with E-state index in [2.05, 4.69) is 34.9 Å². The molecule has 0 bridgehead atoms. The molecule has 26 heavy (non-hydrogen) atoms. The highest BCUT2D eigenvalue weighted by Crippen LogP contribution is 2.40. The molecule has 1 aromatic carbocycles. The Balaban J connectivity index is 1.61. The Kier molecular flexibility index (Phi) is 5.42. The molecule has 2 N–H and O–H groups in total. The smallest absolute Gasteiger partial charge is 0.0602 e. The molecule has 144 valence electrons. The van der Waals surface area contributed by atoms with E-state index in [0.29, 0.717) is 0 Å². The Morgan fingerprint density at radius 1 is 1.08 bits per heavy atom. The lowest BCUT2D eigenvalue weighted by atomic mass is 9.73. The summed E-state index contributed by atoms with van der Waals surface area (Å²) in [4.78, 5) is 5.19. The van der Waals surface area contributed by atoms with Crippen LogP contribution in [0.4, 0.5) is 11.4 Å². The van der Waals surface area contributed by atoms with E-state index < -0.39 is 0 Å². The number of piperidine rings is 1. The van der Waals surface area contributed by atoms with Crippen molar-refractivity contribution in [2.24, 2.45) is 5.92 Å². The Morgan fingerprint density at radius 2 is 1.77 bits per heavy atom. The van der Waals surface area contributed by atoms with Crippen molar-refractivity contribution in [3.8, 4) is 0 Å². The summed E-state index contributed by atoms with van der Waals surface area (Å²) in [7, 11) is 0. The van der Waals surface area contributed by atoms with Crippen molar-refractivity contribution in [1.82, 2.24) is 4.90 Å². The molecule has 4 heteroatoms. The number of rotatable bonds is 4. The van der Waals surface area contributed by atoms with Crippen LogP contribution in [0, 0.1) is 5.92 Å². The molecule has 3 fully saturated rings. The van der Waals surface area contributed by atoms with Crippen molar-refractivity contribution in [1.29, 1.82) is 0 Å². The fraction of sp³-hybridized carbons (Fsp3) is 0.727. The van der Waals surface area contributed by atoms with Crippen LogP contribution in [-0.2, 0) is 10.2 Å². The highest BCUT2D eigenvalue weighted by molar-refractivity contribution is 5.69. The quantitative estimate of drug-likeness (QED) is 0.835. The molecular formula is C22H35N3O. The van der Waals surface area contributed by atoms with E-state index in [1.165, 1.54) is 56.6 Å². The molecule has 3 aliphatic heterocycles. The van der Waals surface area contributed by atoms with Gasteiger partial charge in [0.2, 0.25) is 0 Å². The number of hydrogen-bond acceptors (Lipinski definition) is 4. The third-order valence-electron chi connectivity index (χ3n) is 6.94. The summed E-state index contributed by atoms with van der Waals surface area (Å²) < 4.78 is 5.74. The average Bonchev–Trinajstić information content (AvgIpc) is 3.16. The third-order valence-corrected chi connectivity index (χ3v) is 6.94. The van der Waals surface area contributed by atoms with Crippen LogP contribution in [0.2, 0.25) is 0 Å². The van der Waals surface area contributed by atoms with Gasteiger partial charge in [-0.3, -0.25) is 0 Å². The van der Waals surface area contributed by atoms with Gasteiger partial charge in [0.15, 0.2) is 0 Å². The first-order chi connectivity index (χ1) is 12.7. The van der Waals surface area contributed by atoms with Crippen molar-refractivity contribution >= 4 is 11.4 Å². The van der Waals surface area contributed by atoms with E-state index in [9.17, 15) is 0 Å². The highest BCUT2D eigenvalue weighted by atomic mass is 16.5. The van der Waals surface area contributed by atoms with Gasteiger partial charge in [0.05, 0.1) is 11.4 Å². The van der Waals surface area contributed by atoms with Crippen LogP contribution in [0.3, 0.4) is 0 Å². The molecule has 4 nitrogen and oxygen atoms in total. The zero-order valence-corrected chi connectivity index (χ0v) is 16.4. The summed E-state index contributed by atoms with van der Waals surface area (Å²) in [5.74, 6) is 0.840. The van der Waals surface area contributed by atoms with Crippen LogP contribution < -0.4 is 10.6 Å². The molecule has 0 radical (unpaired) electrons. The number of likely N-dealkylation sites (tertiary alicyclic amines) is 1. The van der Waals surface area contributed by atoms with Crippen LogP contribution in [0.25, 0.3) is 0 Å². The second kappa shape index (κ2) is 7.77. The van der Waals surface area contributed by atoms with Crippen molar-refractivity contribution < 1.29 is 4.74 Å². The molecular weight excluding hydrogens is 322 g/mol. The second-order valence-corrected chi connectivity index (χ2v) is 8.82. The van der Waals surface area contributed by atoms with Gasteiger partial charge >= 0.3 is 0 Å². The maximum absolute atomic E-state index is 6.41. The summed E-state index contributed by atoms with van der Waals surface area (Å²) in [6.45, 7) is 10.1. The van der Waals surface area contributed by atoms with Gasteiger partial charge in [-0.15, -0.1) is 0 Å². The molecule has 0 saturated carbocycles. The van der Waals surface area contributed by atoms with Crippen LogP contribution in [0.5, 0.6) is 0 Å². The van der Waals surface area contributed by atoms with Gasteiger partial charge in [0.25, 0.3) is 0 Å². The Morgan fingerprint density at radius 3 is 2.46 bits per heavy atom. The summed E-state index contributed by atoms with van der Waals surface area (Å²) in [5, 5.41) is 0. The first-order valence-corrected chi connectivity index (χ1v) is 10.6. The normalized spacial score (nSPS) is 24.9. The molecule has 0 amide bonds. The Hall–Kier alpha value is -1.26. The fourth-order valence-corrected chi connectivity index (χ4v) is 5.07. The van der Waals surface area contributed by atoms with Crippen molar-refractivity contribution in [3.05, 3.63) is 23.8 Å². The molecule has 3 saturated heterocycles. The van der Waals surface area contributed by atoms with E-state index in [0.717, 1.165) is 50.8 Å². The van der Waals surface area contributed by atoms with E-state index in [1.54, 1.807) is 0 Å². The molecule has 3 heterocycles. The SMILES string of the molecule is CC1CCN(c2cc(C3(CN4CCCC4)CCOCC3)ccc2N)CC1. The minimum atomic E-state index is 0.230. The molecule has 0 atom stereocenters. The van der Waals surface area contributed by atoms with Crippen LogP contribution in [0.1, 0.15) is 51.0 Å². The molecule has 0 unspecified atom stereocenters.